The molecule has 3 N–H and O–H groups in total. The number of hydrogen-bond donors (Lipinski definition) is 2. The maximum atomic E-state index is 12.0. The topological polar surface area (TPSA) is 58.4 Å². The fourth-order valence-corrected chi connectivity index (χ4v) is 2.69. The van der Waals surface area contributed by atoms with Crippen LogP contribution in [-0.4, -0.2) is 29.9 Å². The smallest absolute Gasteiger partial charge is 0.238 e. The Kier molecular flexibility index (Phi) is 4.66. The number of nitrogens with one attached hydrogen (secondary N) is 1. The van der Waals surface area contributed by atoms with Crippen LogP contribution in [0.4, 0.5) is 11.4 Å². The second-order valence-corrected chi connectivity index (χ2v) is 5.37. The van der Waals surface area contributed by atoms with Crippen molar-refractivity contribution in [3.63, 3.8) is 0 Å². The molecular weight excluding hydrogens is 262 g/mol. The molecule has 5 heteroatoms. The van der Waals surface area contributed by atoms with E-state index in [9.17, 15) is 4.79 Å². The van der Waals surface area contributed by atoms with Crippen molar-refractivity contribution in [2.75, 3.05) is 24.1 Å². The minimum absolute atomic E-state index is 0.00192. The Bertz CT molecular complexity index is 464. The average molecular weight is 282 g/mol. The second-order valence-electron chi connectivity index (χ2n) is 4.96. The first-order valence-corrected chi connectivity index (χ1v) is 7.07. The molecule has 2 rings (SSSR count). The predicted molar refractivity (Wildman–Crippen MR) is 79.4 cm³/mol. The quantitative estimate of drug-likeness (QED) is 0.835. The summed E-state index contributed by atoms with van der Waals surface area (Å²) >= 11 is 5.85. The highest BCUT2D eigenvalue weighted by Crippen LogP contribution is 2.23. The molecule has 1 fully saturated rings. The largest absolute Gasteiger partial charge is 0.397 e. The van der Waals surface area contributed by atoms with E-state index in [1.54, 1.807) is 18.2 Å². The van der Waals surface area contributed by atoms with Crippen LogP contribution < -0.4 is 11.1 Å². The molecule has 0 radical (unpaired) electrons. The van der Waals surface area contributed by atoms with Crippen LogP contribution in [-0.2, 0) is 4.79 Å². The van der Waals surface area contributed by atoms with Crippen LogP contribution in [0.5, 0.6) is 0 Å². The molecule has 1 saturated heterocycles. The van der Waals surface area contributed by atoms with Gasteiger partial charge in [-0.05, 0) is 44.0 Å². The number of anilines is 2. The maximum absolute atomic E-state index is 12.0. The van der Waals surface area contributed by atoms with Crippen molar-refractivity contribution in [2.24, 2.45) is 0 Å². The van der Waals surface area contributed by atoms with Gasteiger partial charge in [0.25, 0.3) is 0 Å². The van der Waals surface area contributed by atoms with Gasteiger partial charge in [-0.1, -0.05) is 18.5 Å². The number of nitrogen functional groups attached to an aromatic ring is 1. The van der Waals surface area contributed by atoms with Gasteiger partial charge < -0.3 is 11.1 Å². The van der Waals surface area contributed by atoms with Gasteiger partial charge in [0.05, 0.1) is 17.3 Å². The van der Waals surface area contributed by atoms with Crippen molar-refractivity contribution in [1.82, 2.24) is 4.90 Å². The lowest BCUT2D eigenvalue weighted by Crippen LogP contribution is -2.36. The number of carbonyl (C=O) groups excluding carboxylic acids is 1. The number of rotatable bonds is 4. The molecular formula is C14H20ClN3O. The van der Waals surface area contributed by atoms with Crippen molar-refractivity contribution in [2.45, 2.75) is 32.2 Å². The Labute approximate surface area is 118 Å². The van der Waals surface area contributed by atoms with E-state index in [1.165, 1.54) is 12.8 Å². The average Bonchev–Trinajstić information content (AvgIpc) is 2.81. The summed E-state index contributed by atoms with van der Waals surface area (Å²) < 4.78 is 0. The van der Waals surface area contributed by atoms with Crippen molar-refractivity contribution in [1.29, 1.82) is 0 Å². The number of amides is 1. The lowest BCUT2D eigenvalue weighted by Gasteiger charge is -2.22. The molecule has 1 heterocycles. The summed E-state index contributed by atoms with van der Waals surface area (Å²) in [5, 5.41) is 3.37. The summed E-state index contributed by atoms with van der Waals surface area (Å²) in [6.07, 6.45) is 3.47. The summed E-state index contributed by atoms with van der Waals surface area (Å²) in [5.74, 6) is 0.00192. The van der Waals surface area contributed by atoms with Gasteiger partial charge in [0.15, 0.2) is 0 Å². The molecule has 19 heavy (non-hydrogen) atoms. The molecule has 1 atom stereocenters. The highest BCUT2D eigenvalue weighted by atomic mass is 35.5. The number of nitrogens with zero attached hydrogens (tertiary/aromatic N) is 1. The van der Waals surface area contributed by atoms with E-state index in [1.807, 2.05) is 0 Å². The highest BCUT2D eigenvalue weighted by Gasteiger charge is 2.24. The third kappa shape index (κ3) is 3.61. The lowest BCUT2D eigenvalue weighted by atomic mass is 10.2. The van der Waals surface area contributed by atoms with Crippen LogP contribution in [0.2, 0.25) is 5.02 Å². The number of benzene rings is 1. The molecule has 1 aromatic rings. The Morgan fingerprint density at radius 3 is 3.05 bits per heavy atom. The molecule has 0 bridgehead atoms. The van der Waals surface area contributed by atoms with E-state index in [2.05, 4.69) is 17.1 Å². The predicted octanol–water partition coefficient (Wildman–Crippen LogP) is 2.74. The first kappa shape index (κ1) is 14.2. The third-order valence-electron chi connectivity index (χ3n) is 3.60. The molecule has 4 nitrogen and oxygen atoms in total. The van der Waals surface area contributed by atoms with E-state index in [-0.39, 0.29) is 5.91 Å². The van der Waals surface area contributed by atoms with Crippen LogP contribution in [0.3, 0.4) is 0 Å². The molecule has 0 spiro atoms. The minimum atomic E-state index is 0.00192. The van der Waals surface area contributed by atoms with E-state index < -0.39 is 0 Å². The normalized spacial score (nSPS) is 19.6. The number of carbonyl (C=O) groups is 1. The summed E-state index contributed by atoms with van der Waals surface area (Å²) in [7, 11) is 0. The molecule has 0 saturated carbocycles. The zero-order valence-electron chi connectivity index (χ0n) is 11.2. The molecule has 1 aliphatic rings. The molecule has 1 unspecified atom stereocenters. The minimum Gasteiger partial charge on any atom is -0.397 e. The fraction of sp³-hybridized carbons (Fsp3) is 0.500. The van der Waals surface area contributed by atoms with Crippen LogP contribution in [0.25, 0.3) is 0 Å². The van der Waals surface area contributed by atoms with Gasteiger partial charge >= 0.3 is 0 Å². The Balaban J connectivity index is 1.92. The molecule has 0 aromatic heterocycles. The van der Waals surface area contributed by atoms with Gasteiger partial charge in [-0.3, -0.25) is 9.69 Å². The van der Waals surface area contributed by atoms with Gasteiger partial charge in [-0.15, -0.1) is 0 Å². The van der Waals surface area contributed by atoms with Gasteiger partial charge in [0.1, 0.15) is 0 Å². The maximum Gasteiger partial charge on any atom is 0.238 e. The van der Waals surface area contributed by atoms with Gasteiger partial charge in [-0.25, -0.2) is 0 Å². The molecule has 1 aliphatic heterocycles. The zero-order valence-corrected chi connectivity index (χ0v) is 11.9. The first-order valence-electron chi connectivity index (χ1n) is 6.69. The number of halogens is 1. The summed E-state index contributed by atoms with van der Waals surface area (Å²) in [4.78, 5) is 14.2. The summed E-state index contributed by atoms with van der Waals surface area (Å²) in [5.41, 5.74) is 6.88. The van der Waals surface area contributed by atoms with E-state index >= 15 is 0 Å². The van der Waals surface area contributed by atoms with Crippen molar-refractivity contribution < 1.29 is 4.79 Å². The number of likely N-dealkylation sites (tertiary alicyclic amines) is 1. The number of hydrogen-bond acceptors (Lipinski definition) is 3. The third-order valence-corrected chi connectivity index (χ3v) is 3.94. The van der Waals surface area contributed by atoms with Crippen LogP contribution in [0, 0.1) is 0 Å². The summed E-state index contributed by atoms with van der Waals surface area (Å²) in [6.45, 7) is 3.62. The fourth-order valence-electron chi connectivity index (χ4n) is 2.57. The van der Waals surface area contributed by atoms with E-state index in [0.29, 0.717) is 29.0 Å². The van der Waals surface area contributed by atoms with Crippen LogP contribution in [0.1, 0.15) is 26.2 Å². The molecule has 0 aliphatic carbocycles. The SMILES string of the molecule is CCC1CCCN1CC(=O)Nc1ccc(Cl)c(N)c1. The molecule has 1 aromatic carbocycles. The van der Waals surface area contributed by atoms with Gasteiger partial charge in [0, 0.05) is 11.7 Å². The standard InChI is InChI=1S/C14H20ClN3O/c1-2-11-4-3-7-18(11)9-14(19)17-10-5-6-12(15)13(16)8-10/h5-6,8,11H,2-4,7,9,16H2,1H3,(H,17,19). The van der Waals surface area contributed by atoms with Crippen molar-refractivity contribution >= 4 is 28.9 Å². The van der Waals surface area contributed by atoms with E-state index in [4.69, 9.17) is 17.3 Å². The van der Waals surface area contributed by atoms with E-state index in [0.717, 1.165) is 13.0 Å². The van der Waals surface area contributed by atoms with Gasteiger partial charge in [0.2, 0.25) is 5.91 Å². The molecule has 104 valence electrons. The van der Waals surface area contributed by atoms with Gasteiger partial charge in [-0.2, -0.15) is 0 Å². The first-order chi connectivity index (χ1) is 9.10. The van der Waals surface area contributed by atoms with Crippen molar-refractivity contribution in [3.05, 3.63) is 23.2 Å². The Morgan fingerprint density at radius 1 is 1.58 bits per heavy atom. The Morgan fingerprint density at radius 2 is 2.37 bits per heavy atom. The second kappa shape index (κ2) is 6.26. The van der Waals surface area contributed by atoms with Crippen molar-refractivity contribution in [3.8, 4) is 0 Å². The molecule has 1 amide bonds. The zero-order chi connectivity index (χ0) is 13.8. The Hall–Kier alpha value is -1.26. The lowest BCUT2D eigenvalue weighted by molar-refractivity contribution is -0.117. The summed E-state index contributed by atoms with van der Waals surface area (Å²) in [6, 6.07) is 5.68. The van der Waals surface area contributed by atoms with Crippen LogP contribution >= 0.6 is 11.6 Å². The highest BCUT2D eigenvalue weighted by molar-refractivity contribution is 6.33. The van der Waals surface area contributed by atoms with Crippen LogP contribution in [0.15, 0.2) is 18.2 Å². The monoisotopic (exact) mass is 281 g/mol. The number of nitrogens with two attached hydrogens (primary N) is 1.